The zero-order chi connectivity index (χ0) is 16.7. The van der Waals surface area contributed by atoms with Gasteiger partial charge in [0.05, 0.1) is 5.52 Å². The van der Waals surface area contributed by atoms with Gasteiger partial charge >= 0.3 is 21.5 Å². The predicted molar refractivity (Wildman–Crippen MR) is 73.7 cm³/mol. The van der Waals surface area contributed by atoms with Crippen LogP contribution in [0.2, 0.25) is 0 Å². The molecule has 0 atom stereocenters. The Labute approximate surface area is 123 Å². The maximum absolute atomic E-state index is 12.7. The van der Waals surface area contributed by atoms with Gasteiger partial charge in [0.2, 0.25) is 0 Å². The third-order valence-electron chi connectivity index (χ3n) is 2.81. The summed E-state index contributed by atoms with van der Waals surface area (Å²) in [6.45, 7) is 4.62. The molecule has 22 heavy (non-hydrogen) atoms. The van der Waals surface area contributed by atoms with E-state index in [-0.39, 0.29) is 20.6 Å². The standard InChI is InChI=1S/C13H10F3NO4S/c1-3-9-6-10-4-5-17(22(19,20)13(14,15)16)11(10)7-12(9)21-8(2)18/h3-7H,1H2,2H3. The molecule has 5 nitrogen and oxygen atoms in total. The molecule has 0 amide bonds. The van der Waals surface area contributed by atoms with Crippen molar-refractivity contribution in [3.05, 3.63) is 36.5 Å². The highest BCUT2D eigenvalue weighted by molar-refractivity contribution is 7.90. The number of alkyl halides is 3. The van der Waals surface area contributed by atoms with Crippen molar-refractivity contribution in [2.45, 2.75) is 12.4 Å². The molecular weight excluding hydrogens is 323 g/mol. The molecule has 2 rings (SSSR count). The van der Waals surface area contributed by atoms with Crippen molar-refractivity contribution < 1.29 is 31.1 Å². The van der Waals surface area contributed by atoms with Crippen LogP contribution in [-0.4, -0.2) is 23.9 Å². The number of hydrogen-bond acceptors (Lipinski definition) is 4. The molecule has 0 radical (unpaired) electrons. The first-order valence-electron chi connectivity index (χ1n) is 5.85. The third-order valence-corrected chi connectivity index (χ3v) is 4.23. The number of benzene rings is 1. The van der Waals surface area contributed by atoms with Gasteiger partial charge in [0.15, 0.2) is 0 Å². The largest absolute Gasteiger partial charge is 0.517 e. The summed E-state index contributed by atoms with van der Waals surface area (Å²) in [6.07, 6.45) is 2.13. The molecule has 0 aliphatic carbocycles. The summed E-state index contributed by atoms with van der Waals surface area (Å²) in [5.74, 6) is -0.772. The van der Waals surface area contributed by atoms with E-state index in [1.54, 1.807) is 0 Å². The normalized spacial score (nSPS) is 12.4. The third kappa shape index (κ3) is 2.59. The van der Waals surface area contributed by atoms with E-state index >= 15 is 0 Å². The molecule has 0 N–H and O–H groups in total. The topological polar surface area (TPSA) is 65.4 Å². The fourth-order valence-corrected chi connectivity index (χ4v) is 2.74. The minimum atomic E-state index is -5.57. The first-order chi connectivity index (χ1) is 10.1. The van der Waals surface area contributed by atoms with Crippen LogP contribution in [0, 0.1) is 0 Å². The zero-order valence-corrected chi connectivity index (χ0v) is 12.0. The number of ether oxygens (including phenoxy) is 1. The van der Waals surface area contributed by atoms with Gasteiger partial charge in [-0.05, 0) is 12.1 Å². The van der Waals surface area contributed by atoms with E-state index in [9.17, 15) is 26.4 Å². The van der Waals surface area contributed by atoms with Gasteiger partial charge in [-0.15, -0.1) is 0 Å². The Kier molecular flexibility index (Phi) is 3.78. The van der Waals surface area contributed by atoms with Crippen molar-refractivity contribution in [2.75, 3.05) is 0 Å². The van der Waals surface area contributed by atoms with Crippen molar-refractivity contribution in [1.82, 2.24) is 3.97 Å². The van der Waals surface area contributed by atoms with Crippen molar-refractivity contribution in [3.63, 3.8) is 0 Å². The van der Waals surface area contributed by atoms with E-state index in [0.29, 0.717) is 5.56 Å². The Morgan fingerprint density at radius 3 is 2.50 bits per heavy atom. The van der Waals surface area contributed by atoms with E-state index < -0.39 is 21.5 Å². The van der Waals surface area contributed by atoms with Crippen molar-refractivity contribution in [1.29, 1.82) is 0 Å². The molecular formula is C13H10F3NO4S. The lowest BCUT2D eigenvalue weighted by Crippen LogP contribution is -2.29. The van der Waals surface area contributed by atoms with Crippen LogP contribution in [0.5, 0.6) is 5.75 Å². The fourth-order valence-electron chi connectivity index (χ4n) is 1.88. The fraction of sp³-hybridized carbons (Fsp3) is 0.154. The summed E-state index contributed by atoms with van der Waals surface area (Å²) >= 11 is 0. The van der Waals surface area contributed by atoms with Gasteiger partial charge in [-0.3, -0.25) is 4.79 Å². The molecule has 0 aliphatic heterocycles. The number of aromatic nitrogens is 1. The summed E-state index contributed by atoms with van der Waals surface area (Å²) in [4.78, 5) is 11.0. The molecule has 0 unspecified atom stereocenters. The van der Waals surface area contributed by atoms with Crippen LogP contribution in [-0.2, 0) is 14.8 Å². The Morgan fingerprint density at radius 2 is 2.00 bits per heavy atom. The highest BCUT2D eigenvalue weighted by Crippen LogP contribution is 2.32. The molecule has 0 spiro atoms. The number of hydrogen-bond donors (Lipinski definition) is 0. The number of halogens is 3. The van der Waals surface area contributed by atoms with E-state index in [2.05, 4.69) is 6.58 Å². The van der Waals surface area contributed by atoms with Gasteiger partial charge in [0.25, 0.3) is 0 Å². The second-order valence-electron chi connectivity index (χ2n) is 4.31. The van der Waals surface area contributed by atoms with Crippen LogP contribution in [0.15, 0.2) is 31.0 Å². The molecule has 0 fully saturated rings. The molecule has 0 saturated heterocycles. The van der Waals surface area contributed by atoms with Crippen molar-refractivity contribution >= 4 is 33.0 Å². The number of fused-ring (bicyclic) bond motifs is 1. The monoisotopic (exact) mass is 333 g/mol. The summed E-state index contributed by atoms with van der Waals surface area (Å²) in [7, 11) is -5.57. The average Bonchev–Trinajstić information content (AvgIpc) is 2.78. The van der Waals surface area contributed by atoms with Crippen LogP contribution >= 0.6 is 0 Å². The minimum absolute atomic E-state index is 0.0766. The minimum Gasteiger partial charge on any atom is -0.426 e. The quantitative estimate of drug-likeness (QED) is 0.640. The van der Waals surface area contributed by atoms with Crippen LogP contribution in [0.3, 0.4) is 0 Å². The van der Waals surface area contributed by atoms with Crippen LogP contribution in [0.25, 0.3) is 17.0 Å². The van der Waals surface area contributed by atoms with E-state index in [4.69, 9.17) is 4.74 Å². The van der Waals surface area contributed by atoms with Crippen LogP contribution in [0.4, 0.5) is 13.2 Å². The van der Waals surface area contributed by atoms with E-state index in [1.807, 2.05) is 0 Å². The molecule has 0 saturated carbocycles. The molecule has 1 aromatic heterocycles. The smallest absolute Gasteiger partial charge is 0.426 e. The second-order valence-corrected chi connectivity index (χ2v) is 6.12. The van der Waals surface area contributed by atoms with E-state index in [0.717, 1.165) is 19.2 Å². The van der Waals surface area contributed by atoms with Gasteiger partial charge in [-0.25, -0.2) is 3.97 Å². The number of esters is 1. The van der Waals surface area contributed by atoms with Crippen LogP contribution in [0.1, 0.15) is 12.5 Å². The maximum atomic E-state index is 12.7. The van der Waals surface area contributed by atoms with Gasteiger partial charge in [-0.2, -0.15) is 21.6 Å². The van der Waals surface area contributed by atoms with Crippen LogP contribution < -0.4 is 4.74 Å². The number of carbonyl (C=O) groups is 1. The van der Waals surface area contributed by atoms with Crippen molar-refractivity contribution in [2.24, 2.45) is 0 Å². The van der Waals surface area contributed by atoms with E-state index in [1.165, 1.54) is 18.2 Å². The average molecular weight is 333 g/mol. The summed E-state index contributed by atoms with van der Waals surface area (Å²) in [5, 5.41) is 0.235. The first kappa shape index (κ1) is 16.1. The number of rotatable bonds is 3. The maximum Gasteiger partial charge on any atom is 0.517 e. The summed E-state index contributed by atoms with van der Waals surface area (Å²) < 4.78 is 66.0. The molecule has 9 heteroatoms. The Morgan fingerprint density at radius 1 is 1.36 bits per heavy atom. The molecule has 2 aromatic rings. The Balaban J connectivity index is 2.75. The lowest BCUT2D eigenvalue weighted by atomic mass is 10.1. The highest BCUT2D eigenvalue weighted by atomic mass is 32.2. The summed E-state index contributed by atoms with van der Waals surface area (Å²) in [5.41, 5.74) is -5.35. The molecule has 118 valence electrons. The zero-order valence-electron chi connectivity index (χ0n) is 11.2. The second kappa shape index (κ2) is 5.16. The number of carbonyl (C=O) groups excluding carboxylic acids is 1. The molecule has 0 aliphatic rings. The molecule has 1 aromatic carbocycles. The SMILES string of the molecule is C=Cc1cc2ccn(S(=O)(=O)C(F)(F)F)c2cc1OC(C)=O. The first-order valence-corrected chi connectivity index (χ1v) is 7.29. The lowest BCUT2D eigenvalue weighted by molar-refractivity contribution is -0.131. The Bertz CT molecular complexity index is 865. The van der Waals surface area contributed by atoms with Gasteiger partial charge < -0.3 is 4.74 Å². The Hall–Kier alpha value is -2.29. The molecule has 0 bridgehead atoms. The highest BCUT2D eigenvalue weighted by Gasteiger charge is 2.47. The molecule has 1 heterocycles. The van der Waals surface area contributed by atoms with Gasteiger partial charge in [0.1, 0.15) is 5.75 Å². The van der Waals surface area contributed by atoms with Gasteiger partial charge in [-0.1, -0.05) is 12.7 Å². The van der Waals surface area contributed by atoms with Gasteiger partial charge in [0, 0.05) is 30.1 Å². The van der Waals surface area contributed by atoms with Crippen molar-refractivity contribution in [3.8, 4) is 5.75 Å². The lowest BCUT2D eigenvalue weighted by Gasteiger charge is -2.11. The predicted octanol–water partition coefficient (Wildman–Crippen LogP) is 2.91. The number of nitrogens with zero attached hydrogens (tertiary/aromatic N) is 1. The summed E-state index contributed by atoms with van der Waals surface area (Å²) in [6, 6.07) is 3.64.